The lowest BCUT2D eigenvalue weighted by atomic mass is 10.2. The number of rotatable bonds is 3. The highest BCUT2D eigenvalue weighted by Crippen LogP contribution is 2.26. The fraction of sp³-hybridized carbons (Fsp3) is 0.500. The van der Waals surface area contributed by atoms with Gasteiger partial charge in [-0.15, -0.1) is 0 Å². The second kappa shape index (κ2) is 4.95. The number of benzene rings is 1. The predicted molar refractivity (Wildman–Crippen MR) is 66.8 cm³/mol. The first-order valence-electron chi connectivity index (χ1n) is 5.94. The summed E-state index contributed by atoms with van der Waals surface area (Å²) in [5, 5.41) is 0. The number of nitrogens with zero attached hydrogens (tertiary/aromatic N) is 1. The van der Waals surface area contributed by atoms with Gasteiger partial charge in [-0.3, -0.25) is 0 Å². The summed E-state index contributed by atoms with van der Waals surface area (Å²) in [5.74, 6) is -0.215. The average Bonchev–Trinajstić information content (AvgIpc) is 2.76. The van der Waals surface area contributed by atoms with Crippen LogP contribution in [0, 0.1) is 11.7 Å². The van der Waals surface area contributed by atoms with Crippen molar-refractivity contribution in [3.8, 4) is 0 Å². The van der Waals surface area contributed by atoms with E-state index in [1.54, 1.807) is 0 Å². The van der Waals surface area contributed by atoms with E-state index in [9.17, 15) is 12.8 Å². The molecule has 0 radical (unpaired) electrons. The molecule has 1 aliphatic rings. The van der Waals surface area contributed by atoms with Crippen LogP contribution in [-0.2, 0) is 16.6 Å². The average molecular weight is 272 g/mol. The van der Waals surface area contributed by atoms with Crippen molar-refractivity contribution in [3.05, 3.63) is 29.6 Å². The van der Waals surface area contributed by atoms with Crippen LogP contribution in [0.1, 0.15) is 18.9 Å². The molecule has 100 valence electrons. The van der Waals surface area contributed by atoms with Gasteiger partial charge in [0.25, 0.3) is 0 Å². The molecule has 0 aromatic heterocycles. The molecule has 2 N–H and O–H groups in total. The van der Waals surface area contributed by atoms with Gasteiger partial charge in [0.2, 0.25) is 10.0 Å². The lowest BCUT2D eigenvalue weighted by Gasteiger charge is -2.18. The topological polar surface area (TPSA) is 63.4 Å². The summed E-state index contributed by atoms with van der Waals surface area (Å²) in [7, 11) is -3.62. The van der Waals surface area contributed by atoms with Crippen molar-refractivity contribution in [1.82, 2.24) is 4.31 Å². The first-order valence-corrected chi connectivity index (χ1v) is 7.38. The Hall–Kier alpha value is -0.980. The van der Waals surface area contributed by atoms with Gasteiger partial charge in [-0.25, -0.2) is 12.8 Å². The molecule has 0 saturated carbocycles. The third kappa shape index (κ3) is 2.41. The highest BCUT2D eigenvalue weighted by molar-refractivity contribution is 7.89. The van der Waals surface area contributed by atoms with E-state index in [2.05, 4.69) is 0 Å². The minimum absolute atomic E-state index is 0.000833. The summed E-state index contributed by atoms with van der Waals surface area (Å²) in [6.07, 6.45) is 0.840. The Bertz CT molecular complexity index is 545. The molecule has 0 amide bonds. The number of sulfonamides is 1. The van der Waals surface area contributed by atoms with E-state index in [-0.39, 0.29) is 11.4 Å². The first kappa shape index (κ1) is 13.5. The van der Waals surface area contributed by atoms with E-state index >= 15 is 0 Å². The normalized spacial score (nSPS) is 21.4. The molecule has 1 heterocycles. The van der Waals surface area contributed by atoms with Crippen LogP contribution in [-0.4, -0.2) is 25.8 Å². The zero-order chi connectivity index (χ0) is 13.3. The Labute approximate surface area is 107 Å². The molecule has 4 nitrogen and oxygen atoms in total. The van der Waals surface area contributed by atoms with Crippen LogP contribution in [0.15, 0.2) is 23.1 Å². The predicted octanol–water partition coefficient (Wildman–Crippen LogP) is 1.31. The lowest BCUT2D eigenvalue weighted by Crippen LogP contribution is -2.29. The number of halogens is 1. The highest BCUT2D eigenvalue weighted by Gasteiger charge is 2.32. The van der Waals surface area contributed by atoms with Crippen LogP contribution in [0.25, 0.3) is 0 Å². The second-order valence-corrected chi connectivity index (χ2v) is 6.62. The van der Waals surface area contributed by atoms with E-state index in [0.29, 0.717) is 24.6 Å². The van der Waals surface area contributed by atoms with E-state index in [4.69, 9.17) is 5.73 Å². The maximum absolute atomic E-state index is 13.3. The maximum atomic E-state index is 13.3. The zero-order valence-corrected chi connectivity index (χ0v) is 11.1. The molecule has 1 unspecified atom stereocenters. The fourth-order valence-corrected chi connectivity index (χ4v) is 4.01. The SMILES string of the molecule is CC1CCN(S(=O)(=O)c2cc(F)ccc2CN)C1. The second-order valence-electron chi connectivity index (χ2n) is 4.71. The van der Waals surface area contributed by atoms with Gasteiger partial charge in [-0.1, -0.05) is 13.0 Å². The molecule has 6 heteroatoms. The molecule has 1 atom stereocenters. The summed E-state index contributed by atoms with van der Waals surface area (Å²) in [4.78, 5) is -0.000833. The quantitative estimate of drug-likeness (QED) is 0.902. The Morgan fingerprint density at radius 3 is 2.78 bits per heavy atom. The molecule has 1 aromatic rings. The number of hydrogen-bond acceptors (Lipinski definition) is 3. The van der Waals surface area contributed by atoms with Gasteiger partial charge in [0.1, 0.15) is 5.82 Å². The molecule has 1 aromatic carbocycles. The fourth-order valence-electron chi connectivity index (χ4n) is 2.19. The lowest BCUT2D eigenvalue weighted by molar-refractivity contribution is 0.463. The monoisotopic (exact) mass is 272 g/mol. The van der Waals surface area contributed by atoms with Gasteiger partial charge in [-0.05, 0) is 30.0 Å². The van der Waals surface area contributed by atoms with Crippen LogP contribution in [0.2, 0.25) is 0 Å². The van der Waals surface area contributed by atoms with Crippen LogP contribution < -0.4 is 5.73 Å². The van der Waals surface area contributed by atoms with E-state index in [1.807, 2.05) is 6.92 Å². The van der Waals surface area contributed by atoms with E-state index in [0.717, 1.165) is 12.5 Å². The molecule has 0 bridgehead atoms. The zero-order valence-electron chi connectivity index (χ0n) is 10.3. The Morgan fingerprint density at radius 2 is 2.22 bits per heavy atom. The smallest absolute Gasteiger partial charge is 0.243 e. The van der Waals surface area contributed by atoms with E-state index < -0.39 is 15.8 Å². The van der Waals surface area contributed by atoms with Crippen molar-refractivity contribution in [3.63, 3.8) is 0 Å². The summed E-state index contributed by atoms with van der Waals surface area (Å²) < 4.78 is 39.5. The van der Waals surface area contributed by atoms with Crippen molar-refractivity contribution >= 4 is 10.0 Å². The Balaban J connectivity index is 2.43. The van der Waals surface area contributed by atoms with Gasteiger partial charge >= 0.3 is 0 Å². The van der Waals surface area contributed by atoms with Gasteiger partial charge in [0.05, 0.1) is 4.90 Å². The van der Waals surface area contributed by atoms with Crippen LogP contribution in [0.5, 0.6) is 0 Å². The molecule has 0 aliphatic carbocycles. The Kier molecular flexibility index (Phi) is 3.70. The molecular weight excluding hydrogens is 255 g/mol. The summed E-state index contributed by atoms with van der Waals surface area (Å²) in [5.41, 5.74) is 5.97. The highest BCUT2D eigenvalue weighted by atomic mass is 32.2. The van der Waals surface area contributed by atoms with Crippen molar-refractivity contribution in [2.75, 3.05) is 13.1 Å². The Morgan fingerprint density at radius 1 is 1.50 bits per heavy atom. The minimum Gasteiger partial charge on any atom is -0.326 e. The number of nitrogens with two attached hydrogens (primary N) is 1. The van der Waals surface area contributed by atoms with Gasteiger partial charge < -0.3 is 5.73 Å². The van der Waals surface area contributed by atoms with Crippen LogP contribution in [0.3, 0.4) is 0 Å². The van der Waals surface area contributed by atoms with Crippen LogP contribution in [0.4, 0.5) is 4.39 Å². The van der Waals surface area contributed by atoms with Crippen molar-refractivity contribution in [2.24, 2.45) is 11.7 Å². The molecule has 1 aliphatic heterocycles. The van der Waals surface area contributed by atoms with Crippen molar-refractivity contribution in [2.45, 2.75) is 24.8 Å². The van der Waals surface area contributed by atoms with Crippen LogP contribution >= 0.6 is 0 Å². The molecule has 1 saturated heterocycles. The summed E-state index contributed by atoms with van der Waals surface area (Å²) in [6.45, 7) is 3.07. The van der Waals surface area contributed by atoms with Gasteiger partial charge in [0.15, 0.2) is 0 Å². The molecule has 18 heavy (non-hydrogen) atoms. The molecule has 2 rings (SSSR count). The summed E-state index contributed by atoms with van der Waals surface area (Å²) in [6, 6.07) is 3.72. The largest absolute Gasteiger partial charge is 0.326 e. The standard InChI is InChI=1S/C12H17FN2O2S/c1-9-4-5-15(8-9)18(16,17)12-6-11(13)3-2-10(12)7-14/h2-3,6,9H,4-5,7-8,14H2,1H3. The van der Waals surface area contributed by atoms with Gasteiger partial charge in [0, 0.05) is 19.6 Å². The molecular formula is C12H17FN2O2S. The van der Waals surface area contributed by atoms with E-state index in [1.165, 1.54) is 16.4 Å². The molecule has 0 spiro atoms. The third-order valence-corrected chi connectivity index (χ3v) is 5.20. The third-order valence-electron chi connectivity index (χ3n) is 3.25. The van der Waals surface area contributed by atoms with Gasteiger partial charge in [-0.2, -0.15) is 4.31 Å². The van der Waals surface area contributed by atoms with Crippen molar-refractivity contribution < 1.29 is 12.8 Å². The number of hydrogen-bond donors (Lipinski definition) is 1. The molecule has 1 fully saturated rings. The minimum atomic E-state index is -3.62. The maximum Gasteiger partial charge on any atom is 0.243 e. The summed E-state index contributed by atoms with van der Waals surface area (Å²) >= 11 is 0. The van der Waals surface area contributed by atoms with Crippen molar-refractivity contribution in [1.29, 1.82) is 0 Å². The first-order chi connectivity index (χ1) is 8.45.